The Labute approximate surface area is 161 Å². The number of nitrogens with one attached hydrogen (secondary N) is 2. The Bertz CT molecular complexity index is 893. The average molecular weight is 410 g/mol. The Morgan fingerprint density at radius 2 is 2.08 bits per heavy atom. The smallest absolute Gasteiger partial charge is 0.263 e. The van der Waals surface area contributed by atoms with Crippen LogP contribution in [0, 0.1) is 0 Å². The zero-order valence-corrected chi connectivity index (χ0v) is 16.4. The molecule has 138 valence electrons. The average Bonchev–Trinajstić information content (AvgIpc) is 3.22. The van der Waals surface area contributed by atoms with Gasteiger partial charge in [-0.2, -0.15) is 11.8 Å². The first-order valence-electron chi connectivity index (χ1n) is 8.10. The van der Waals surface area contributed by atoms with Gasteiger partial charge in [-0.05, 0) is 23.6 Å². The van der Waals surface area contributed by atoms with Crippen molar-refractivity contribution >= 4 is 44.9 Å². The number of carbonyl (C=O) groups excluding carboxylic acids is 1. The van der Waals surface area contributed by atoms with Crippen molar-refractivity contribution in [2.45, 2.75) is 17.1 Å². The van der Waals surface area contributed by atoms with Crippen molar-refractivity contribution in [3.05, 3.63) is 52.2 Å². The standard InChI is InChI=1S/C17H19N3O3S3/c21-16(18-9-11-24-12-13-4-3-10-25-13)7-8-19-17-14-5-1-2-6-15(14)26(22,23)20-17/h1-6,10H,7-9,11-12H2,(H,18,21)(H,19,20). The van der Waals surface area contributed by atoms with Crippen LogP contribution in [-0.4, -0.2) is 39.0 Å². The van der Waals surface area contributed by atoms with E-state index in [9.17, 15) is 13.2 Å². The highest BCUT2D eigenvalue weighted by Crippen LogP contribution is 2.22. The van der Waals surface area contributed by atoms with Gasteiger partial charge in [0.2, 0.25) is 5.91 Å². The Morgan fingerprint density at radius 1 is 1.23 bits per heavy atom. The fourth-order valence-corrected chi connectivity index (χ4v) is 5.39. The van der Waals surface area contributed by atoms with Crippen LogP contribution in [0.4, 0.5) is 0 Å². The number of benzene rings is 1. The molecule has 1 amide bonds. The summed E-state index contributed by atoms with van der Waals surface area (Å²) in [5.74, 6) is 2.03. The zero-order chi connectivity index (χ0) is 18.4. The number of amidine groups is 1. The molecule has 0 atom stereocenters. The highest BCUT2D eigenvalue weighted by atomic mass is 32.2. The summed E-state index contributed by atoms with van der Waals surface area (Å²) in [6, 6.07) is 10.8. The molecular formula is C17H19N3O3S3. The summed E-state index contributed by atoms with van der Waals surface area (Å²) in [5.41, 5.74) is 0.554. The summed E-state index contributed by atoms with van der Waals surface area (Å²) in [4.78, 5) is 17.7. The van der Waals surface area contributed by atoms with Crippen LogP contribution in [0.2, 0.25) is 0 Å². The molecule has 0 radical (unpaired) electrons. The van der Waals surface area contributed by atoms with Crippen LogP contribution in [0.1, 0.15) is 16.9 Å². The van der Waals surface area contributed by atoms with Crippen molar-refractivity contribution in [3.8, 4) is 0 Å². The molecule has 0 unspecified atom stereocenters. The number of thioether (sulfide) groups is 1. The largest absolute Gasteiger partial charge is 0.355 e. The third kappa shape index (κ3) is 4.87. The molecule has 2 heterocycles. The molecule has 2 aromatic rings. The lowest BCUT2D eigenvalue weighted by Crippen LogP contribution is -2.27. The van der Waals surface area contributed by atoms with E-state index >= 15 is 0 Å². The van der Waals surface area contributed by atoms with Gasteiger partial charge >= 0.3 is 0 Å². The normalized spacial score (nSPS) is 16.2. The quantitative estimate of drug-likeness (QED) is 0.655. The molecule has 2 N–H and O–H groups in total. The van der Waals surface area contributed by atoms with Gasteiger partial charge in [0, 0.05) is 34.9 Å². The summed E-state index contributed by atoms with van der Waals surface area (Å²) in [5, 5.41) is 4.92. The summed E-state index contributed by atoms with van der Waals surface area (Å²) in [6.07, 6.45) is 0.225. The van der Waals surface area contributed by atoms with Gasteiger partial charge in [-0.15, -0.1) is 11.3 Å². The summed E-state index contributed by atoms with van der Waals surface area (Å²) >= 11 is 3.51. The fourth-order valence-electron chi connectivity index (χ4n) is 2.44. The van der Waals surface area contributed by atoms with Crippen LogP contribution in [-0.2, 0) is 20.6 Å². The number of rotatable bonds is 8. The van der Waals surface area contributed by atoms with Crippen LogP contribution in [0.25, 0.3) is 0 Å². The van der Waals surface area contributed by atoms with Gasteiger partial charge in [0.25, 0.3) is 10.0 Å². The van der Waals surface area contributed by atoms with Crippen LogP contribution >= 0.6 is 23.1 Å². The molecule has 0 spiro atoms. The maximum atomic E-state index is 12.0. The van der Waals surface area contributed by atoms with Crippen molar-refractivity contribution in [1.82, 2.24) is 10.0 Å². The molecule has 0 bridgehead atoms. The van der Waals surface area contributed by atoms with Gasteiger partial charge in [-0.3, -0.25) is 14.5 Å². The monoisotopic (exact) mass is 409 g/mol. The van der Waals surface area contributed by atoms with Crippen molar-refractivity contribution in [2.75, 3.05) is 18.8 Å². The van der Waals surface area contributed by atoms with Gasteiger partial charge in [0.1, 0.15) is 5.84 Å². The number of amides is 1. The van der Waals surface area contributed by atoms with Crippen LogP contribution in [0.3, 0.4) is 0 Å². The molecule has 0 aliphatic carbocycles. The maximum absolute atomic E-state index is 12.0. The Balaban J connectivity index is 1.39. The molecule has 1 aliphatic rings. The molecule has 1 aromatic carbocycles. The minimum atomic E-state index is -3.53. The van der Waals surface area contributed by atoms with E-state index in [1.165, 1.54) is 4.88 Å². The summed E-state index contributed by atoms with van der Waals surface area (Å²) < 4.78 is 26.4. The maximum Gasteiger partial charge on any atom is 0.263 e. The zero-order valence-electron chi connectivity index (χ0n) is 14.0. The van der Waals surface area contributed by atoms with Gasteiger partial charge in [-0.25, -0.2) is 8.42 Å². The van der Waals surface area contributed by atoms with E-state index in [-0.39, 0.29) is 23.8 Å². The highest BCUT2D eigenvalue weighted by Gasteiger charge is 2.29. The second-order valence-corrected chi connectivity index (χ2v) is 9.35. The van der Waals surface area contributed by atoms with Crippen LogP contribution in [0.5, 0.6) is 0 Å². The predicted molar refractivity (Wildman–Crippen MR) is 106 cm³/mol. The Hall–Kier alpha value is -1.84. The third-order valence-corrected chi connectivity index (χ3v) is 7.13. The number of thiophene rings is 1. The molecule has 9 heteroatoms. The Morgan fingerprint density at radius 3 is 2.88 bits per heavy atom. The lowest BCUT2D eigenvalue weighted by molar-refractivity contribution is -0.120. The highest BCUT2D eigenvalue weighted by molar-refractivity contribution is 7.98. The first-order valence-corrected chi connectivity index (χ1v) is 11.6. The van der Waals surface area contributed by atoms with Crippen molar-refractivity contribution < 1.29 is 13.2 Å². The number of nitrogens with zero attached hydrogens (tertiary/aromatic N) is 1. The number of hydrogen-bond acceptors (Lipinski definition) is 6. The van der Waals surface area contributed by atoms with Crippen molar-refractivity contribution in [3.63, 3.8) is 0 Å². The molecule has 6 nitrogen and oxygen atoms in total. The molecule has 1 aromatic heterocycles. The molecule has 0 fully saturated rings. The minimum Gasteiger partial charge on any atom is -0.355 e. The predicted octanol–water partition coefficient (Wildman–Crippen LogP) is 2.23. The third-order valence-electron chi connectivity index (χ3n) is 3.66. The summed E-state index contributed by atoms with van der Waals surface area (Å²) in [7, 11) is -3.53. The van der Waals surface area contributed by atoms with Gasteiger partial charge in [0.15, 0.2) is 0 Å². The molecule has 26 heavy (non-hydrogen) atoms. The lowest BCUT2D eigenvalue weighted by atomic mass is 10.2. The topological polar surface area (TPSA) is 87.6 Å². The van der Waals surface area contributed by atoms with Gasteiger partial charge in [0.05, 0.1) is 11.4 Å². The van der Waals surface area contributed by atoms with E-state index in [1.807, 2.05) is 6.07 Å². The lowest BCUT2D eigenvalue weighted by Gasteiger charge is -2.04. The van der Waals surface area contributed by atoms with Gasteiger partial charge in [-0.1, -0.05) is 18.2 Å². The molecule has 3 rings (SSSR count). The van der Waals surface area contributed by atoms with E-state index < -0.39 is 10.0 Å². The number of fused-ring (bicyclic) bond motifs is 1. The van der Waals surface area contributed by atoms with E-state index in [0.29, 0.717) is 17.9 Å². The minimum absolute atomic E-state index is 0.0831. The molecule has 1 aliphatic heterocycles. The SMILES string of the molecule is O=C(CCN=C1NS(=O)(=O)c2ccccc21)NCCSCc1cccs1. The number of carbonyl (C=O) groups is 1. The van der Waals surface area contributed by atoms with E-state index in [4.69, 9.17) is 0 Å². The Kier molecular flexibility index (Phi) is 6.33. The van der Waals surface area contributed by atoms with E-state index in [0.717, 1.165) is 11.5 Å². The molecule has 0 saturated heterocycles. The second-order valence-electron chi connectivity index (χ2n) is 5.56. The first kappa shape index (κ1) is 18.9. The number of hydrogen-bond donors (Lipinski definition) is 2. The van der Waals surface area contributed by atoms with E-state index in [1.54, 1.807) is 47.4 Å². The van der Waals surface area contributed by atoms with Crippen LogP contribution in [0.15, 0.2) is 51.7 Å². The number of sulfonamides is 1. The first-order chi connectivity index (χ1) is 12.6. The van der Waals surface area contributed by atoms with Crippen molar-refractivity contribution in [1.29, 1.82) is 0 Å². The molecular weight excluding hydrogens is 390 g/mol. The van der Waals surface area contributed by atoms with Gasteiger partial charge < -0.3 is 5.32 Å². The van der Waals surface area contributed by atoms with Crippen LogP contribution < -0.4 is 10.0 Å². The fraction of sp³-hybridized carbons (Fsp3) is 0.294. The second kappa shape index (κ2) is 8.70. The van der Waals surface area contributed by atoms with E-state index in [2.05, 4.69) is 26.5 Å². The summed E-state index contributed by atoms with van der Waals surface area (Å²) in [6.45, 7) is 0.848. The number of aliphatic imine (C=N–C) groups is 1. The van der Waals surface area contributed by atoms with Crippen molar-refractivity contribution in [2.24, 2.45) is 4.99 Å². The molecule has 0 saturated carbocycles.